The molecule has 142 valence electrons. The number of benzene rings is 1. The molecule has 0 bridgehead atoms. The molecule has 1 aromatic carbocycles. The van der Waals surface area contributed by atoms with Gasteiger partial charge in [0.25, 0.3) is 5.91 Å². The van der Waals surface area contributed by atoms with E-state index in [2.05, 4.69) is 31.4 Å². The van der Waals surface area contributed by atoms with Crippen molar-refractivity contribution < 1.29 is 9.18 Å². The molecule has 27 heavy (non-hydrogen) atoms. The van der Waals surface area contributed by atoms with Crippen LogP contribution in [-0.2, 0) is 13.6 Å². The molecule has 2 aromatic heterocycles. The van der Waals surface area contributed by atoms with Gasteiger partial charge in [-0.3, -0.25) is 14.2 Å². The van der Waals surface area contributed by atoms with E-state index in [1.807, 2.05) is 20.8 Å². The second-order valence-corrected chi connectivity index (χ2v) is 7.47. The molecule has 1 amide bonds. The third-order valence-corrected chi connectivity index (χ3v) is 5.62. The molecule has 0 saturated heterocycles. The van der Waals surface area contributed by atoms with Crippen molar-refractivity contribution in [1.82, 2.24) is 19.6 Å². The van der Waals surface area contributed by atoms with E-state index in [0.717, 1.165) is 17.0 Å². The molecule has 0 unspecified atom stereocenters. The number of nitrogens with zero attached hydrogens (tertiary/aromatic N) is 4. The minimum absolute atomic E-state index is 0.282. The van der Waals surface area contributed by atoms with E-state index in [9.17, 15) is 9.18 Å². The van der Waals surface area contributed by atoms with Crippen molar-refractivity contribution in [1.29, 1.82) is 0 Å². The van der Waals surface area contributed by atoms with Crippen molar-refractivity contribution in [2.45, 2.75) is 27.3 Å². The highest BCUT2D eigenvalue weighted by Crippen LogP contribution is 2.26. The number of hydrogen-bond donors (Lipinski definition) is 1. The van der Waals surface area contributed by atoms with Crippen molar-refractivity contribution >= 4 is 39.1 Å². The molecule has 0 aliphatic rings. The molecule has 0 aliphatic carbocycles. The number of aryl methyl sites for hydroxylation is 3. The molecule has 0 saturated carbocycles. The molecule has 9 heteroatoms. The predicted octanol–water partition coefficient (Wildman–Crippen LogP) is 4.40. The van der Waals surface area contributed by atoms with Crippen LogP contribution < -0.4 is 5.32 Å². The van der Waals surface area contributed by atoms with Gasteiger partial charge in [-0.05, 0) is 54.4 Å². The molecule has 1 N–H and O–H groups in total. The molecule has 0 spiro atoms. The number of nitrogens with one attached hydrogen (secondary N) is 1. The van der Waals surface area contributed by atoms with Crippen LogP contribution in [0.3, 0.4) is 0 Å². The molecule has 0 atom stereocenters. The van der Waals surface area contributed by atoms with Crippen LogP contribution in [0.1, 0.15) is 33.1 Å². The standard InChI is InChI=1S/C18H18BrClFN5O/c1-9-15(19)17(25(4)23-9)18(27)22-16-10(2)24-26(11(16)3)8-12-5-6-13(21)7-14(12)20/h5-7H,8H2,1-4H3,(H,22,27). The van der Waals surface area contributed by atoms with Crippen LogP contribution in [-0.4, -0.2) is 25.5 Å². The first-order chi connectivity index (χ1) is 12.7. The lowest BCUT2D eigenvalue weighted by molar-refractivity contribution is 0.101. The third kappa shape index (κ3) is 3.77. The first-order valence-corrected chi connectivity index (χ1v) is 9.34. The number of aromatic nitrogens is 4. The molecule has 0 radical (unpaired) electrons. The summed E-state index contributed by atoms with van der Waals surface area (Å²) in [6, 6.07) is 4.26. The van der Waals surface area contributed by atoms with Crippen LogP contribution >= 0.6 is 27.5 Å². The van der Waals surface area contributed by atoms with Gasteiger partial charge in [0, 0.05) is 12.1 Å². The fourth-order valence-electron chi connectivity index (χ4n) is 2.89. The Morgan fingerprint density at radius 1 is 1.26 bits per heavy atom. The highest BCUT2D eigenvalue weighted by molar-refractivity contribution is 9.10. The molecule has 0 aliphatic heterocycles. The predicted molar refractivity (Wildman–Crippen MR) is 106 cm³/mol. The number of carbonyl (C=O) groups is 1. The van der Waals surface area contributed by atoms with E-state index < -0.39 is 0 Å². The summed E-state index contributed by atoms with van der Waals surface area (Å²) in [6.07, 6.45) is 0. The average molecular weight is 455 g/mol. The van der Waals surface area contributed by atoms with Crippen molar-refractivity contribution in [2.24, 2.45) is 7.05 Å². The summed E-state index contributed by atoms with van der Waals surface area (Å²) in [4.78, 5) is 12.7. The van der Waals surface area contributed by atoms with Gasteiger partial charge in [-0.25, -0.2) is 4.39 Å². The van der Waals surface area contributed by atoms with Gasteiger partial charge in [0.15, 0.2) is 0 Å². The molecule has 0 fully saturated rings. The quantitative estimate of drug-likeness (QED) is 0.635. The number of amides is 1. The lowest BCUT2D eigenvalue weighted by Crippen LogP contribution is -2.17. The molecular weight excluding hydrogens is 437 g/mol. The molecule has 6 nitrogen and oxygen atoms in total. The van der Waals surface area contributed by atoms with Crippen molar-refractivity contribution in [3.05, 3.63) is 61.9 Å². The van der Waals surface area contributed by atoms with E-state index >= 15 is 0 Å². The maximum absolute atomic E-state index is 13.2. The van der Waals surface area contributed by atoms with Crippen LogP contribution in [0.2, 0.25) is 5.02 Å². The number of carbonyl (C=O) groups excluding carboxylic acids is 1. The van der Waals surface area contributed by atoms with E-state index in [1.54, 1.807) is 17.8 Å². The summed E-state index contributed by atoms with van der Waals surface area (Å²) < 4.78 is 17.2. The smallest absolute Gasteiger partial charge is 0.275 e. The maximum atomic E-state index is 13.2. The number of halogens is 3. The highest BCUT2D eigenvalue weighted by Gasteiger charge is 2.21. The SMILES string of the molecule is Cc1nn(C)c(C(=O)Nc2c(C)nn(Cc3ccc(F)cc3Cl)c2C)c1Br. The van der Waals surface area contributed by atoms with Gasteiger partial charge in [-0.15, -0.1) is 0 Å². The summed E-state index contributed by atoms with van der Waals surface area (Å²) >= 11 is 9.52. The highest BCUT2D eigenvalue weighted by atomic mass is 79.9. The third-order valence-electron chi connectivity index (χ3n) is 4.32. The second-order valence-electron chi connectivity index (χ2n) is 6.26. The Kier molecular flexibility index (Phi) is 5.39. The first kappa shape index (κ1) is 19.6. The largest absolute Gasteiger partial charge is 0.317 e. The second kappa shape index (κ2) is 7.44. The molecule has 3 rings (SSSR count). The lowest BCUT2D eigenvalue weighted by atomic mass is 10.2. The number of anilines is 1. The average Bonchev–Trinajstić information content (AvgIpc) is 2.99. The monoisotopic (exact) mass is 453 g/mol. The Hall–Kier alpha value is -2.19. The lowest BCUT2D eigenvalue weighted by Gasteiger charge is -2.09. The minimum atomic E-state index is -0.387. The fraction of sp³-hybridized carbons (Fsp3) is 0.278. The Bertz CT molecular complexity index is 1040. The molecule has 2 heterocycles. The van der Waals surface area contributed by atoms with Crippen LogP contribution in [0.4, 0.5) is 10.1 Å². The minimum Gasteiger partial charge on any atom is -0.317 e. The van der Waals surface area contributed by atoms with Crippen LogP contribution in [0.5, 0.6) is 0 Å². The Morgan fingerprint density at radius 3 is 2.56 bits per heavy atom. The van der Waals surface area contributed by atoms with Gasteiger partial charge in [-0.1, -0.05) is 17.7 Å². The maximum Gasteiger partial charge on any atom is 0.275 e. The van der Waals surface area contributed by atoms with Crippen molar-refractivity contribution in [3.63, 3.8) is 0 Å². The summed E-state index contributed by atoms with van der Waals surface area (Å²) in [5.74, 6) is -0.669. The van der Waals surface area contributed by atoms with E-state index in [0.29, 0.717) is 33.1 Å². The molecule has 3 aromatic rings. The van der Waals surface area contributed by atoms with Crippen LogP contribution in [0, 0.1) is 26.6 Å². The van der Waals surface area contributed by atoms with Crippen LogP contribution in [0.25, 0.3) is 0 Å². The Balaban J connectivity index is 1.88. The summed E-state index contributed by atoms with van der Waals surface area (Å²) in [5, 5.41) is 12.0. The molecular formula is C18H18BrClFN5O. The fourth-order valence-corrected chi connectivity index (χ4v) is 3.64. The zero-order valence-corrected chi connectivity index (χ0v) is 17.6. The van der Waals surface area contributed by atoms with Crippen LogP contribution in [0.15, 0.2) is 22.7 Å². The summed E-state index contributed by atoms with van der Waals surface area (Å²) in [6.45, 7) is 5.86. The number of hydrogen-bond acceptors (Lipinski definition) is 3. The normalized spacial score (nSPS) is 11.1. The van der Waals surface area contributed by atoms with E-state index in [-0.39, 0.29) is 11.7 Å². The zero-order valence-electron chi connectivity index (χ0n) is 15.3. The van der Waals surface area contributed by atoms with Gasteiger partial charge in [0.1, 0.15) is 11.5 Å². The van der Waals surface area contributed by atoms with E-state index in [4.69, 9.17) is 11.6 Å². The topological polar surface area (TPSA) is 64.7 Å². The van der Waals surface area contributed by atoms with Crippen molar-refractivity contribution in [3.8, 4) is 0 Å². The van der Waals surface area contributed by atoms with Crippen molar-refractivity contribution in [2.75, 3.05) is 5.32 Å². The first-order valence-electron chi connectivity index (χ1n) is 8.17. The summed E-state index contributed by atoms with van der Waals surface area (Å²) in [5.41, 5.74) is 3.99. The van der Waals surface area contributed by atoms with Gasteiger partial charge in [-0.2, -0.15) is 10.2 Å². The summed E-state index contributed by atoms with van der Waals surface area (Å²) in [7, 11) is 1.71. The van der Waals surface area contributed by atoms with Gasteiger partial charge >= 0.3 is 0 Å². The van der Waals surface area contributed by atoms with Gasteiger partial charge in [0.05, 0.1) is 33.8 Å². The Labute approximate surface area is 169 Å². The number of rotatable bonds is 4. The van der Waals surface area contributed by atoms with E-state index in [1.165, 1.54) is 16.8 Å². The zero-order chi connectivity index (χ0) is 19.9. The van der Waals surface area contributed by atoms with Gasteiger partial charge in [0.2, 0.25) is 0 Å². The Morgan fingerprint density at radius 2 is 1.96 bits per heavy atom. The van der Waals surface area contributed by atoms with Gasteiger partial charge < -0.3 is 5.32 Å².